The second-order valence-corrected chi connectivity index (χ2v) is 11.8. The van der Waals surface area contributed by atoms with E-state index in [9.17, 15) is 18.0 Å². The SMILES string of the molecule is CCC(C(=O)NC(C)C)N(Cc1ccc(C)cc1)C(=O)CN(c1ccc(OC)c(OC)c1)S(=O)(=O)c1ccccc1. The van der Waals surface area contributed by atoms with Gasteiger partial charge in [0.2, 0.25) is 11.8 Å². The number of rotatable bonds is 13. The number of carbonyl (C=O) groups excluding carboxylic acids is 2. The highest BCUT2D eigenvalue weighted by atomic mass is 32.2. The fourth-order valence-electron chi connectivity index (χ4n) is 4.42. The third-order valence-corrected chi connectivity index (χ3v) is 8.34. The molecule has 1 unspecified atom stereocenters. The van der Waals surface area contributed by atoms with Crippen molar-refractivity contribution in [2.24, 2.45) is 0 Å². The smallest absolute Gasteiger partial charge is 0.264 e. The van der Waals surface area contributed by atoms with Gasteiger partial charge in [-0.25, -0.2) is 8.42 Å². The molecule has 0 aliphatic heterocycles. The van der Waals surface area contributed by atoms with Gasteiger partial charge in [-0.15, -0.1) is 0 Å². The molecule has 0 aliphatic carbocycles. The van der Waals surface area contributed by atoms with Crippen molar-refractivity contribution in [2.45, 2.75) is 57.6 Å². The minimum atomic E-state index is -4.19. The molecule has 0 fully saturated rings. The third-order valence-electron chi connectivity index (χ3n) is 6.56. The number of ether oxygens (including phenoxy) is 2. The van der Waals surface area contributed by atoms with Gasteiger partial charge in [0.1, 0.15) is 12.6 Å². The predicted molar refractivity (Wildman–Crippen MR) is 160 cm³/mol. The summed E-state index contributed by atoms with van der Waals surface area (Å²) in [7, 11) is -1.26. The fraction of sp³-hybridized carbons (Fsp3) is 0.355. The second-order valence-electron chi connectivity index (χ2n) is 9.96. The van der Waals surface area contributed by atoms with E-state index in [1.54, 1.807) is 30.3 Å². The molecule has 0 aromatic heterocycles. The van der Waals surface area contributed by atoms with Gasteiger partial charge in [-0.3, -0.25) is 13.9 Å². The maximum absolute atomic E-state index is 14.1. The van der Waals surface area contributed by atoms with Crippen LogP contribution < -0.4 is 19.1 Å². The van der Waals surface area contributed by atoms with Gasteiger partial charge in [-0.2, -0.15) is 0 Å². The minimum absolute atomic E-state index is 0.0252. The summed E-state index contributed by atoms with van der Waals surface area (Å²) in [5.74, 6) is -0.0980. The average molecular weight is 582 g/mol. The van der Waals surface area contributed by atoms with Crippen LogP contribution in [0.3, 0.4) is 0 Å². The van der Waals surface area contributed by atoms with E-state index in [1.165, 1.54) is 37.3 Å². The van der Waals surface area contributed by atoms with Gasteiger partial charge in [0, 0.05) is 18.7 Å². The molecule has 0 bridgehead atoms. The van der Waals surface area contributed by atoms with Crippen LogP contribution in [0, 0.1) is 6.92 Å². The van der Waals surface area contributed by atoms with E-state index in [0.29, 0.717) is 17.9 Å². The summed E-state index contributed by atoms with van der Waals surface area (Å²) in [4.78, 5) is 28.8. The lowest BCUT2D eigenvalue weighted by Gasteiger charge is -2.33. The van der Waals surface area contributed by atoms with Crippen molar-refractivity contribution in [1.29, 1.82) is 0 Å². The molecular weight excluding hydrogens is 542 g/mol. The molecule has 0 radical (unpaired) electrons. The first-order valence-electron chi connectivity index (χ1n) is 13.5. The molecular formula is C31H39N3O6S. The van der Waals surface area contributed by atoms with E-state index in [-0.39, 0.29) is 29.1 Å². The van der Waals surface area contributed by atoms with Gasteiger partial charge in [0.15, 0.2) is 11.5 Å². The number of nitrogens with one attached hydrogen (secondary N) is 1. The fourth-order valence-corrected chi connectivity index (χ4v) is 5.85. The van der Waals surface area contributed by atoms with E-state index >= 15 is 0 Å². The molecule has 220 valence electrons. The van der Waals surface area contributed by atoms with Crippen molar-refractivity contribution in [3.63, 3.8) is 0 Å². The molecule has 10 heteroatoms. The monoisotopic (exact) mass is 581 g/mol. The quantitative estimate of drug-likeness (QED) is 0.318. The van der Waals surface area contributed by atoms with E-state index in [0.717, 1.165) is 15.4 Å². The lowest BCUT2D eigenvalue weighted by Crippen LogP contribution is -2.53. The number of nitrogens with zero attached hydrogens (tertiary/aromatic N) is 2. The summed E-state index contributed by atoms with van der Waals surface area (Å²) in [6.07, 6.45) is 0.345. The van der Waals surface area contributed by atoms with Crippen molar-refractivity contribution in [2.75, 3.05) is 25.1 Å². The highest BCUT2D eigenvalue weighted by molar-refractivity contribution is 7.92. The normalized spacial score (nSPS) is 12.0. The summed E-state index contributed by atoms with van der Waals surface area (Å²) < 4.78 is 39.7. The van der Waals surface area contributed by atoms with Crippen LogP contribution in [-0.2, 0) is 26.2 Å². The van der Waals surface area contributed by atoms with Crippen LogP contribution >= 0.6 is 0 Å². The Kier molecular flexibility index (Phi) is 10.8. The molecule has 41 heavy (non-hydrogen) atoms. The first-order chi connectivity index (χ1) is 19.5. The highest BCUT2D eigenvalue weighted by Gasteiger charge is 2.34. The molecule has 0 saturated carbocycles. The van der Waals surface area contributed by atoms with Crippen LogP contribution in [0.5, 0.6) is 11.5 Å². The molecule has 0 aliphatic rings. The van der Waals surface area contributed by atoms with Gasteiger partial charge in [0.25, 0.3) is 10.0 Å². The maximum Gasteiger partial charge on any atom is 0.264 e. The Hall–Kier alpha value is -4.05. The number of sulfonamides is 1. The number of anilines is 1. The Labute approximate surface area is 243 Å². The van der Waals surface area contributed by atoms with Crippen molar-refractivity contribution < 1.29 is 27.5 Å². The number of amides is 2. The van der Waals surface area contributed by atoms with Crippen LogP contribution in [0.4, 0.5) is 5.69 Å². The Morgan fingerprint density at radius 1 is 0.902 bits per heavy atom. The van der Waals surface area contributed by atoms with E-state index in [2.05, 4.69) is 5.32 Å². The lowest BCUT2D eigenvalue weighted by molar-refractivity contribution is -0.140. The molecule has 3 aromatic carbocycles. The standard InChI is InChI=1S/C31H39N3O6S/c1-7-27(31(36)32-22(2)3)33(20-24-15-13-23(4)14-16-24)30(35)21-34(41(37,38)26-11-9-8-10-12-26)25-17-18-28(39-5)29(19-25)40-6/h8-19,22,27H,7,20-21H2,1-6H3,(H,32,36). The van der Waals surface area contributed by atoms with E-state index in [4.69, 9.17) is 9.47 Å². The Bertz CT molecular complexity index is 1430. The van der Waals surface area contributed by atoms with Crippen LogP contribution in [0.1, 0.15) is 38.3 Å². The van der Waals surface area contributed by atoms with Crippen molar-refractivity contribution in [1.82, 2.24) is 10.2 Å². The molecule has 2 amide bonds. The molecule has 3 rings (SSSR count). The average Bonchev–Trinajstić information content (AvgIpc) is 2.96. The first kappa shape index (κ1) is 31.5. The second kappa shape index (κ2) is 14.0. The van der Waals surface area contributed by atoms with Crippen LogP contribution in [0.15, 0.2) is 77.7 Å². The van der Waals surface area contributed by atoms with Crippen molar-refractivity contribution >= 4 is 27.5 Å². The molecule has 1 N–H and O–H groups in total. The molecule has 0 saturated heterocycles. The van der Waals surface area contributed by atoms with Crippen LogP contribution in [0.2, 0.25) is 0 Å². The lowest BCUT2D eigenvalue weighted by atomic mass is 10.1. The molecule has 9 nitrogen and oxygen atoms in total. The van der Waals surface area contributed by atoms with Gasteiger partial charge < -0.3 is 19.7 Å². The highest BCUT2D eigenvalue weighted by Crippen LogP contribution is 2.34. The summed E-state index contributed by atoms with van der Waals surface area (Å²) >= 11 is 0. The topological polar surface area (TPSA) is 105 Å². The van der Waals surface area contributed by atoms with Gasteiger partial charge >= 0.3 is 0 Å². The molecule has 0 heterocycles. The summed E-state index contributed by atoms with van der Waals surface area (Å²) in [5, 5.41) is 2.90. The number of hydrogen-bond donors (Lipinski definition) is 1. The number of benzene rings is 3. The number of methoxy groups -OCH3 is 2. The summed E-state index contributed by atoms with van der Waals surface area (Å²) in [6.45, 7) is 7.09. The summed E-state index contributed by atoms with van der Waals surface area (Å²) in [5.41, 5.74) is 2.10. The van der Waals surface area contributed by atoms with Crippen LogP contribution in [0.25, 0.3) is 0 Å². The number of aryl methyl sites for hydroxylation is 1. The number of carbonyl (C=O) groups is 2. The molecule has 3 aromatic rings. The Balaban J connectivity index is 2.10. The van der Waals surface area contributed by atoms with Gasteiger partial charge in [-0.1, -0.05) is 55.0 Å². The van der Waals surface area contributed by atoms with Crippen molar-refractivity contribution in [3.8, 4) is 11.5 Å². The maximum atomic E-state index is 14.1. The third kappa shape index (κ3) is 7.79. The largest absolute Gasteiger partial charge is 0.493 e. The van der Waals surface area contributed by atoms with E-state index < -0.39 is 28.5 Å². The number of hydrogen-bond acceptors (Lipinski definition) is 6. The van der Waals surface area contributed by atoms with Crippen LogP contribution in [-0.4, -0.2) is 58.0 Å². The zero-order valence-corrected chi connectivity index (χ0v) is 25.3. The minimum Gasteiger partial charge on any atom is -0.493 e. The van der Waals surface area contributed by atoms with Gasteiger partial charge in [-0.05, 0) is 57.0 Å². The first-order valence-corrected chi connectivity index (χ1v) is 14.9. The van der Waals surface area contributed by atoms with Gasteiger partial charge in [0.05, 0.1) is 24.8 Å². The zero-order chi connectivity index (χ0) is 30.2. The Morgan fingerprint density at radius 2 is 1.54 bits per heavy atom. The zero-order valence-electron chi connectivity index (χ0n) is 24.5. The molecule has 0 spiro atoms. The Morgan fingerprint density at radius 3 is 2.10 bits per heavy atom. The summed E-state index contributed by atoms with van der Waals surface area (Å²) in [6, 6.07) is 19.3. The van der Waals surface area contributed by atoms with Crippen molar-refractivity contribution in [3.05, 3.63) is 83.9 Å². The molecule has 1 atom stereocenters. The predicted octanol–water partition coefficient (Wildman–Crippen LogP) is 4.54. The van der Waals surface area contributed by atoms with E-state index in [1.807, 2.05) is 52.0 Å².